The van der Waals surface area contributed by atoms with Crippen molar-refractivity contribution >= 4 is 29.4 Å². The fourth-order valence-electron chi connectivity index (χ4n) is 2.44. The first kappa shape index (κ1) is 18.4. The van der Waals surface area contributed by atoms with Crippen molar-refractivity contribution in [2.75, 3.05) is 18.8 Å². The molecule has 0 unspecified atom stereocenters. The second kappa shape index (κ2) is 7.47. The van der Waals surface area contributed by atoms with Gasteiger partial charge in [-0.2, -0.15) is 10.3 Å². The van der Waals surface area contributed by atoms with Gasteiger partial charge in [0.15, 0.2) is 11.6 Å². The summed E-state index contributed by atoms with van der Waals surface area (Å²) in [5.74, 6) is 0.126. The zero-order valence-corrected chi connectivity index (χ0v) is 15.6. The summed E-state index contributed by atoms with van der Waals surface area (Å²) in [6, 6.07) is 9.13. The molecule has 0 fully saturated rings. The monoisotopic (exact) mass is 381 g/mol. The van der Waals surface area contributed by atoms with Crippen LogP contribution in [0.2, 0.25) is 0 Å². The molecular formula is C18H15N5O3S. The van der Waals surface area contributed by atoms with E-state index in [1.54, 1.807) is 44.6 Å². The predicted octanol–water partition coefficient (Wildman–Crippen LogP) is 2.39. The Balaban J connectivity index is 2.05. The lowest BCUT2D eigenvalue weighted by Gasteiger charge is -2.18. The molecule has 1 N–H and O–H groups in total. The van der Waals surface area contributed by atoms with Gasteiger partial charge < -0.3 is 4.74 Å². The van der Waals surface area contributed by atoms with E-state index in [1.165, 1.54) is 17.8 Å². The van der Waals surface area contributed by atoms with Gasteiger partial charge in [0.05, 0.1) is 7.11 Å². The van der Waals surface area contributed by atoms with E-state index in [4.69, 9.17) is 4.74 Å². The van der Waals surface area contributed by atoms with Gasteiger partial charge in [-0.15, -0.1) is 11.8 Å². The molecular weight excluding hydrogens is 366 g/mol. The van der Waals surface area contributed by atoms with Crippen LogP contribution in [0.4, 0.5) is 5.82 Å². The van der Waals surface area contributed by atoms with Gasteiger partial charge in [0.1, 0.15) is 22.4 Å². The van der Waals surface area contributed by atoms with Crippen molar-refractivity contribution in [3.63, 3.8) is 0 Å². The SMILES string of the molecule is COc1ccc(-c2nc(NN3C(=O)C=C(C)C3=O)c(C#N)c(SC)n2)cc1. The largest absolute Gasteiger partial charge is 0.497 e. The molecule has 1 aromatic heterocycles. The highest BCUT2D eigenvalue weighted by Crippen LogP contribution is 2.29. The van der Waals surface area contributed by atoms with E-state index in [-0.39, 0.29) is 11.4 Å². The number of carbonyl (C=O) groups is 2. The van der Waals surface area contributed by atoms with Crippen LogP contribution in [-0.4, -0.2) is 40.2 Å². The summed E-state index contributed by atoms with van der Waals surface area (Å²) in [5, 5.41) is 10.8. The first-order valence-corrected chi connectivity index (χ1v) is 9.05. The molecule has 0 bridgehead atoms. The number of nitriles is 1. The molecule has 2 heterocycles. The van der Waals surface area contributed by atoms with Gasteiger partial charge in [0.2, 0.25) is 0 Å². The highest BCUT2D eigenvalue weighted by molar-refractivity contribution is 7.98. The summed E-state index contributed by atoms with van der Waals surface area (Å²) in [6.07, 6.45) is 3.01. The maximum atomic E-state index is 12.1. The quantitative estimate of drug-likeness (QED) is 0.478. The van der Waals surface area contributed by atoms with E-state index in [1.807, 2.05) is 6.07 Å². The number of thioether (sulfide) groups is 1. The highest BCUT2D eigenvalue weighted by Gasteiger charge is 2.30. The number of aromatic nitrogens is 2. The summed E-state index contributed by atoms with van der Waals surface area (Å²) in [5.41, 5.74) is 3.83. The average Bonchev–Trinajstić information content (AvgIpc) is 2.93. The van der Waals surface area contributed by atoms with Crippen LogP contribution in [0.3, 0.4) is 0 Å². The second-order valence-corrected chi connectivity index (χ2v) is 6.33. The Hall–Kier alpha value is -3.38. The summed E-state index contributed by atoms with van der Waals surface area (Å²) in [4.78, 5) is 32.9. The van der Waals surface area contributed by atoms with Crippen molar-refractivity contribution in [3.05, 3.63) is 41.5 Å². The molecule has 1 aliphatic rings. The number of ether oxygens (including phenoxy) is 1. The maximum absolute atomic E-state index is 12.1. The van der Waals surface area contributed by atoms with Crippen LogP contribution >= 0.6 is 11.8 Å². The van der Waals surface area contributed by atoms with Crippen molar-refractivity contribution in [1.82, 2.24) is 15.0 Å². The van der Waals surface area contributed by atoms with Crippen molar-refractivity contribution in [2.24, 2.45) is 0 Å². The van der Waals surface area contributed by atoms with E-state index in [0.717, 1.165) is 5.01 Å². The van der Waals surface area contributed by atoms with Crippen LogP contribution in [0.5, 0.6) is 5.75 Å². The van der Waals surface area contributed by atoms with Gasteiger partial charge in [0.25, 0.3) is 11.8 Å². The average molecular weight is 381 g/mol. The number of anilines is 1. The van der Waals surface area contributed by atoms with Gasteiger partial charge in [-0.1, -0.05) is 0 Å². The molecule has 136 valence electrons. The van der Waals surface area contributed by atoms with Gasteiger partial charge in [-0.3, -0.25) is 15.0 Å². The molecule has 0 saturated heterocycles. The molecule has 2 aromatic rings. The molecule has 0 saturated carbocycles. The Morgan fingerprint density at radius 2 is 1.93 bits per heavy atom. The lowest BCUT2D eigenvalue weighted by atomic mass is 10.2. The minimum Gasteiger partial charge on any atom is -0.497 e. The number of carbonyl (C=O) groups excluding carboxylic acids is 2. The summed E-state index contributed by atoms with van der Waals surface area (Å²) >= 11 is 1.27. The summed E-state index contributed by atoms with van der Waals surface area (Å²) in [7, 11) is 1.57. The standard InChI is InChI=1S/C18H15N5O3S/c1-10-8-14(24)23(18(10)25)22-16-13(9-19)17(27-3)21-15(20-16)11-4-6-12(26-2)7-5-11/h4-8H,1-3H3,(H,20,21,22). The molecule has 0 spiro atoms. The van der Waals surface area contributed by atoms with Crippen LogP contribution in [0.1, 0.15) is 12.5 Å². The Labute approximate surface area is 159 Å². The number of hydrazine groups is 1. The third kappa shape index (κ3) is 3.47. The topological polar surface area (TPSA) is 108 Å². The third-order valence-corrected chi connectivity index (χ3v) is 4.53. The number of benzene rings is 1. The summed E-state index contributed by atoms with van der Waals surface area (Å²) in [6.45, 7) is 1.54. The number of nitrogens with one attached hydrogen (secondary N) is 1. The fraction of sp³-hybridized carbons (Fsp3) is 0.167. The number of imide groups is 1. The Morgan fingerprint density at radius 1 is 1.22 bits per heavy atom. The maximum Gasteiger partial charge on any atom is 0.275 e. The first-order valence-electron chi connectivity index (χ1n) is 7.82. The lowest BCUT2D eigenvalue weighted by molar-refractivity contribution is -0.135. The fourth-order valence-corrected chi connectivity index (χ4v) is 2.96. The van der Waals surface area contributed by atoms with E-state index in [0.29, 0.717) is 27.7 Å². The van der Waals surface area contributed by atoms with Gasteiger partial charge in [-0.25, -0.2) is 9.97 Å². The van der Waals surface area contributed by atoms with Crippen LogP contribution < -0.4 is 10.2 Å². The zero-order chi connectivity index (χ0) is 19.6. The number of amides is 2. The molecule has 3 rings (SSSR count). The van der Waals surface area contributed by atoms with Crippen LogP contribution in [-0.2, 0) is 9.59 Å². The Bertz CT molecular complexity index is 995. The van der Waals surface area contributed by atoms with Gasteiger partial charge in [-0.05, 0) is 37.4 Å². The van der Waals surface area contributed by atoms with E-state index in [9.17, 15) is 14.9 Å². The van der Waals surface area contributed by atoms with Crippen LogP contribution in [0, 0.1) is 11.3 Å². The molecule has 1 aliphatic heterocycles. The molecule has 0 radical (unpaired) electrons. The predicted molar refractivity (Wildman–Crippen MR) is 99.7 cm³/mol. The van der Waals surface area contributed by atoms with Crippen molar-refractivity contribution < 1.29 is 14.3 Å². The minimum atomic E-state index is -0.517. The molecule has 27 heavy (non-hydrogen) atoms. The van der Waals surface area contributed by atoms with Gasteiger partial charge >= 0.3 is 0 Å². The van der Waals surface area contributed by atoms with E-state index < -0.39 is 11.8 Å². The first-order chi connectivity index (χ1) is 13.0. The normalized spacial score (nSPS) is 13.4. The van der Waals surface area contributed by atoms with Gasteiger partial charge in [0, 0.05) is 17.2 Å². The number of hydrogen-bond donors (Lipinski definition) is 1. The molecule has 1 aromatic carbocycles. The molecule has 0 atom stereocenters. The number of hydrogen-bond acceptors (Lipinski definition) is 8. The minimum absolute atomic E-state index is 0.0902. The van der Waals surface area contributed by atoms with E-state index in [2.05, 4.69) is 15.4 Å². The Morgan fingerprint density at radius 3 is 2.44 bits per heavy atom. The highest BCUT2D eigenvalue weighted by atomic mass is 32.2. The van der Waals surface area contributed by atoms with Crippen molar-refractivity contribution in [1.29, 1.82) is 5.26 Å². The lowest BCUT2D eigenvalue weighted by Crippen LogP contribution is -2.37. The number of methoxy groups -OCH3 is 1. The molecule has 2 amide bonds. The second-order valence-electron chi connectivity index (χ2n) is 5.54. The summed E-state index contributed by atoms with van der Waals surface area (Å²) < 4.78 is 5.14. The third-order valence-electron chi connectivity index (χ3n) is 3.85. The number of rotatable bonds is 5. The number of nitrogens with zero attached hydrogens (tertiary/aromatic N) is 4. The van der Waals surface area contributed by atoms with Crippen molar-refractivity contribution in [3.8, 4) is 23.2 Å². The molecule has 8 nitrogen and oxygen atoms in total. The Kier molecular flexibility index (Phi) is 5.09. The van der Waals surface area contributed by atoms with Crippen LogP contribution in [0.15, 0.2) is 40.9 Å². The van der Waals surface area contributed by atoms with Crippen molar-refractivity contribution in [2.45, 2.75) is 11.9 Å². The molecule has 0 aliphatic carbocycles. The molecule has 9 heteroatoms. The zero-order valence-electron chi connectivity index (χ0n) is 14.8. The van der Waals surface area contributed by atoms with E-state index >= 15 is 0 Å². The van der Waals surface area contributed by atoms with Crippen LogP contribution in [0.25, 0.3) is 11.4 Å². The smallest absolute Gasteiger partial charge is 0.275 e.